The lowest BCUT2D eigenvalue weighted by Crippen LogP contribution is -2.22. The Morgan fingerprint density at radius 1 is 0.968 bits per heavy atom. The van der Waals surface area contributed by atoms with Gasteiger partial charge in [0.2, 0.25) is 5.91 Å². The zero-order valence-electron chi connectivity index (χ0n) is 17.0. The number of hydrogen-bond acceptors (Lipinski definition) is 5. The molecule has 5 nitrogen and oxygen atoms in total. The molecule has 31 heavy (non-hydrogen) atoms. The number of hydrogen-bond donors (Lipinski definition) is 1. The van der Waals surface area contributed by atoms with Gasteiger partial charge in [0.15, 0.2) is 0 Å². The number of halogens is 1. The fraction of sp³-hybridized carbons (Fsp3) is 0.125. The van der Waals surface area contributed by atoms with Gasteiger partial charge >= 0.3 is 0 Å². The standard InChI is InChI=1S/C24H20FN3O2S/c1-15(23(29)26-20-9-5-6-10-21(20)30-2)31-24-19-8-4-3-7-18(19)22(27-28-24)16-11-13-17(25)14-12-16/h3-15H,1-2H3,(H,26,29)/t15-/m0/s1. The van der Waals surface area contributed by atoms with Crippen molar-refractivity contribution in [2.45, 2.75) is 17.2 Å². The Morgan fingerprint density at radius 2 is 1.65 bits per heavy atom. The van der Waals surface area contributed by atoms with Crippen LogP contribution in [0.3, 0.4) is 0 Å². The van der Waals surface area contributed by atoms with Gasteiger partial charge < -0.3 is 10.1 Å². The smallest absolute Gasteiger partial charge is 0.237 e. The van der Waals surface area contributed by atoms with Gasteiger partial charge in [-0.15, -0.1) is 10.2 Å². The Morgan fingerprint density at radius 3 is 2.39 bits per heavy atom. The van der Waals surface area contributed by atoms with Crippen molar-refractivity contribution in [2.75, 3.05) is 12.4 Å². The van der Waals surface area contributed by atoms with Gasteiger partial charge in [-0.2, -0.15) is 0 Å². The fourth-order valence-corrected chi connectivity index (χ4v) is 4.08. The summed E-state index contributed by atoms with van der Waals surface area (Å²) >= 11 is 1.33. The van der Waals surface area contributed by atoms with Crippen molar-refractivity contribution in [1.29, 1.82) is 0 Å². The van der Waals surface area contributed by atoms with Crippen LogP contribution in [0.1, 0.15) is 6.92 Å². The van der Waals surface area contributed by atoms with E-state index in [1.165, 1.54) is 23.9 Å². The zero-order valence-corrected chi connectivity index (χ0v) is 17.8. The lowest BCUT2D eigenvalue weighted by molar-refractivity contribution is -0.115. The number of nitrogens with one attached hydrogen (secondary N) is 1. The van der Waals surface area contributed by atoms with E-state index >= 15 is 0 Å². The summed E-state index contributed by atoms with van der Waals surface area (Å²) in [4.78, 5) is 12.8. The van der Waals surface area contributed by atoms with Crippen LogP contribution in [0.15, 0.2) is 77.8 Å². The second-order valence-electron chi connectivity index (χ2n) is 6.86. The van der Waals surface area contributed by atoms with Crippen molar-refractivity contribution in [3.8, 4) is 17.0 Å². The maximum absolute atomic E-state index is 13.3. The summed E-state index contributed by atoms with van der Waals surface area (Å²) in [6, 6.07) is 21.2. The molecule has 0 bridgehead atoms. The van der Waals surface area contributed by atoms with E-state index in [4.69, 9.17) is 4.74 Å². The maximum Gasteiger partial charge on any atom is 0.237 e. The minimum absolute atomic E-state index is 0.164. The topological polar surface area (TPSA) is 64.1 Å². The molecule has 7 heteroatoms. The van der Waals surface area contributed by atoms with Crippen molar-refractivity contribution < 1.29 is 13.9 Å². The van der Waals surface area contributed by atoms with Gasteiger partial charge in [0, 0.05) is 16.3 Å². The SMILES string of the molecule is COc1ccccc1NC(=O)[C@H](C)Sc1nnc(-c2ccc(F)cc2)c2ccccc12. The van der Waals surface area contributed by atoms with Crippen LogP contribution >= 0.6 is 11.8 Å². The number of thioether (sulfide) groups is 1. The number of nitrogens with zero attached hydrogens (tertiary/aromatic N) is 2. The molecule has 1 heterocycles. The third kappa shape index (κ3) is 4.51. The summed E-state index contributed by atoms with van der Waals surface area (Å²) < 4.78 is 18.6. The van der Waals surface area contributed by atoms with Crippen LogP contribution in [-0.4, -0.2) is 28.5 Å². The Balaban J connectivity index is 1.60. The van der Waals surface area contributed by atoms with E-state index in [2.05, 4.69) is 15.5 Å². The molecule has 1 atom stereocenters. The average Bonchev–Trinajstić information content (AvgIpc) is 2.80. The number of fused-ring (bicyclic) bond motifs is 1. The van der Waals surface area contributed by atoms with Crippen molar-refractivity contribution in [3.05, 3.63) is 78.6 Å². The molecule has 0 aliphatic carbocycles. The van der Waals surface area contributed by atoms with Crippen molar-refractivity contribution in [1.82, 2.24) is 10.2 Å². The minimum Gasteiger partial charge on any atom is -0.495 e. The van der Waals surface area contributed by atoms with Crippen LogP contribution < -0.4 is 10.1 Å². The molecule has 0 aliphatic rings. The van der Waals surface area contributed by atoms with Gasteiger partial charge in [0.1, 0.15) is 22.3 Å². The second kappa shape index (κ2) is 9.14. The first kappa shape index (κ1) is 20.8. The number of amides is 1. The van der Waals surface area contributed by atoms with Crippen LogP contribution in [0.25, 0.3) is 22.0 Å². The summed E-state index contributed by atoms with van der Waals surface area (Å²) in [6.07, 6.45) is 0. The molecule has 3 aromatic carbocycles. The van der Waals surface area contributed by atoms with Gasteiger partial charge in [-0.1, -0.05) is 48.2 Å². The highest BCUT2D eigenvalue weighted by atomic mass is 32.2. The van der Waals surface area contributed by atoms with E-state index in [-0.39, 0.29) is 11.7 Å². The van der Waals surface area contributed by atoms with E-state index < -0.39 is 5.25 Å². The highest BCUT2D eigenvalue weighted by Gasteiger charge is 2.20. The number of aromatic nitrogens is 2. The first-order chi connectivity index (χ1) is 15.1. The molecule has 156 valence electrons. The molecule has 1 N–H and O–H groups in total. The fourth-order valence-electron chi connectivity index (χ4n) is 3.19. The number of benzene rings is 3. The van der Waals surface area contributed by atoms with Crippen molar-refractivity contribution in [3.63, 3.8) is 0 Å². The zero-order chi connectivity index (χ0) is 21.8. The summed E-state index contributed by atoms with van der Waals surface area (Å²) in [7, 11) is 1.56. The molecule has 0 aliphatic heterocycles. The maximum atomic E-state index is 13.3. The highest BCUT2D eigenvalue weighted by molar-refractivity contribution is 8.00. The van der Waals surface area contributed by atoms with E-state index in [0.717, 1.165) is 16.3 Å². The molecular weight excluding hydrogens is 413 g/mol. The normalized spacial score (nSPS) is 11.8. The third-order valence-electron chi connectivity index (χ3n) is 4.79. The Kier molecular flexibility index (Phi) is 6.13. The van der Waals surface area contributed by atoms with Crippen molar-refractivity contribution in [2.24, 2.45) is 0 Å². The van der Waals surface area contributed by atoms with E-state index in [1.807, 2.05) is 43.3 Å². The Hall–Kier alpha value is -3.45. The van der Waals surface area contributed by atoms with Crippen LogP contribution in [0, 0.1) is 5.82 Å². The van der Waals surface area contributed by atoms with Crippen LogP contribution in [0.5, 0.6) is 5.75 Å². The lowest BCUT2D eigenvalue weighted by atomic mass is 10.1. The molecule has 0 unspecified atom stereocenters. The largest absolute Gasteiger partial charge is 0.495 e. The van der Waals surface area contributed by atoms with Gasteiger partial charge in [0.25, 0.3) is 0 Å². The number of carbonyl (C=O) groups is 1. The number of rotatable bonds is 6. The molecule has 1 amide bonds. The molecule has 1 aromatic heterocycles. The molecule has 0 saturated carbocycles. The van der Waals surface area contributed by atoms with E-state index in [0.29, 0.717) is 22.2 Å². The first-order valence-electron chi connectivity index (χ1n) is 9.68. The average molecular weight is 434 g/mol. The summed E-state index contributed by atoms with van der Waals surface area (Å²) in [5.41, 5.74) is 2.07. The Labute approximate surface area is 183 Å². The van der Waals surface area contributed by atoms with Crippen molar-refractivity contribution >= 4 is 34.1 Å². The molecule has 4 aromatic rings. The number of para-hydroxylation sites is 2. The van der Waals surface area contributed by atoms with Gasteiger partial charge in [-0.05, 0) is 43.3 Å². The van der Waals surface area contributed by atoms with Crippen LogP contribution in [0.4, 0.5) is 10.1 Å². The molecular formula is C24H20FN3O2S. The van der Waals surface area contributed by atoms with Gasteiger partial charge in [-0.25, -0.2) is 4.39 Å². The van der Waals surface area contributed by atoms with Gasteiger partial charge in [0.05, 0.1) is 18.0 Å². The van der Waals surface area contributed by atoms with Gasteiger partial charge in [-0.3, -0.25) is 4.79 Å². The predicted molar refractivity (Wildman–Crippen MR) is 122 cm³/mol. The van der Waals surface area contributed by atoms with Crippen LogP contribution in [-0.2, 0) is 4.79 Å². The van der Waals surface area contributed by atoms with E-state index in [9.17, 15) is 9.18 Å². The molecule has 4 rings (SSSR count). The minimum atomic E-state index is -0.417. The summed E-state index contributed by atoms with van der Waals surface area (Å²) in [5, 5.41) is 13.7. The molecule has 0 fully saturated rings. The monoisotopic (exact) mass is 433 g/mol. The lowest BCUT2D eigenvalue weighted by Gasteiger charge is -2.15. The first-order valence-corrected chi connectivity index (χ1v) is 10.6. The quantitative estimate of drug-likeness (QED) is 0.403. The number of methoxy groups -OCH3 is 1. The summed E-state index contributed by atoms with van der Waals surface area (Å²) in [6.45, 7) is 1.82. The van der Waals surface area contributed by atoms with Crippen LogP contribution in [0.2, 0.25) is 0 Å². The predicted octanol–water partition coefficient (Wildman–Crippen LogP) is 5.56. The third-order valence-corrected chi connectivity index (χ3v) is 5.89. The number of ether oxygens (including phenoxy) is 1. The Bertz CT molecular complexity index is 1230. The number of carbonyl (C=O) groups excluding carboxylic acids is 1. The summed E-state index contributed by atoms with van der Waals surface area (Å²) in [5.74, 6) is 0.132. The number of anilines is 1. The molecule has 0 saturated heterocycles. The highest BCUT2D eigenvalue weighted by Crippen LogP contribution is 2.34. The van der Waals surface area contributed by atoms with E-state index in [1.54, 1.807) is 31.4 Å². The molecule has 0 radical (unpaired) electrons. The second-order valence-corrected chi connectivity index (χ2v) is 8.19. The molecule has 0 spiro atoms.